The first-order valence-corrected chi connectivity index (χ1v) is 8.12. The van der Waals surface area contributed by atoms with Crippen molar-refractivity contribution in [1.29, 1.82) is 0 Å². The molecule has 0 aliphatic carbocycles. The summed E-state index contributed by atoms with van der Waals surface area (Å²) in [5.74, 6) is -1.78. The van der Waals surface area contributed by atoms with Gasteiger partial charge in [-0.25, -0.2) is 4.79 Å². The van der Waals surface area contributed by atoms with Gasteiger partial charge in [0.1, 0.15) is 0 Å². The molecule has 0 aliphatic heterocycles. The number of aryl methyl sites for hydroxylation is 1. The molecule has 1 atom stereocenters. The molecule has 0 spiro atoms. The van der Waals surface area contributed by atoms with Crippen LogP contribution in [0.25, 0.3) is 0 Å². The molecule has 0 unspecified atom stereocenters. The molecule has 2 aromatic carbocycles. The molecule has 9 heteroatoms. The van der Waals surface area contributed by atoms with Crippen molar-refractivity contribution in [2.24, 2.45) is 0 Å². The molecule has 0 aliphatic rings. The Hall–Kier alpha value is -2.74. The van der Waals surface area contributed by atoms with Crippen LogP contribution in [-0.2, 0) is 15.7 Å². The zero-order valence-electron chi connectivity index (χ0n) is 14.4. The summed E-state index contributed by atoms with van der Waals surface area (Å²) in [7, 11) is 0. The minimum atomic E-state index is -4.72. The lowest BCUT2D eigenvalue weighted by Gasteiger charge is -2.17. The Morgan fingerprint density at radius 1 is 1.22 bits per heavy atom. The van der Waals surface area contributed by atoms with Gasteiger partial charge in [0.05, 0.1) is 16.8 Å². The fourth-order valence-corrected chi connectivity index (χ4v) is 2.40. The lowest BCUT2D eigenvalue weighted by Crippen LogP contribution is -2.31. The van der Waals surface area contributed by atoms with Gasteiger partial charge in [0.2, 0.25) is 0 Å². The van der Waals surface area contributed by atoms with Crippen LogP contribution in [-0.4, -0.2) is 18.0 Å². The molecule has 1 amide bonds. The standard InChI is InChI=1S/C18H16ClF3N2O3/c1-9-4-3-5-12(15(9)23)17(26)27-10(2)16(25)24-14-7-6-11(19)8-13(14)18(20,21)22/h3-8,10H,23H2,1-2H3,(H,24,25)/t10-/m1/s1. The number of rotatable bonds is 4. The van der Waals surface area contributed by atoms with Gasteiger partial charge in [-0.05, 0) is 43.7 Å². The van der Waals surface area contributed by atoms with Gasteiger partial charge < -0.3 is 15.8 Å². The number of benzene rings is 2. The van der Waals surface area contributed by atoms with E-state index in [2.05, 4.69) is 5.32 Å². The first-order valence-electron chi connectivity index (χ1n) is 7.74. The highest BCUT2D eigenvalue weighted by Crippen LogP contribution is 2.36. The number of nitrogens with two attached hydrogens (primary N) is 1. The van der Waals surface area contributed by atoms with E-state index >= 15 is 0 Å². The second-order valence-corrected chi connectivity index (χ2v) is 6.20. The van der Waals surface area contributed by atoms with Crippen molar-refractivity contribution < 1.29 is 27.5 Å². The van der Waals surface area contributed by atoms with Gasteiger partial charge in [0.25, 0.3) is 5.91 Å². The molecule has 2 aromatic rings. The number of carbonyl (C=O) groups is 2. The van der Waals surface area contributed by atoms with Crippen LogP contribution in [0, 0.1) is 6.92 Å². The highest BCUT2D eigenvalue weighted by molar-refractivity contribution is 6.30. The van der Waals surface area contributed by atoms with Crippen molar-refractivity contribution in [3.8, 4) is 0 Å². The molecular weight excluding hydrogens is 385 g/mol. The summed E-state index contributed by atoms with van der Waals surface area (Å²) in [6.45, 7) is 2.93. The summed E-state index contributed by atoms with van der Waals surface area (Å²) in [4.78, 5) is 24.4. The minimum absolute atomic E-state index is 0.0668. The van der Waals surface area contributed by atoms with Gasteiger partial charge in [-0.1, -0.05) is 23.7 Å². The molecule has 0 saturated heterocycles. The summed E-state index contributed by atoms with van der Waals surface area (Å²) in [6, 6.07) is 7.64. The first-order chi connectivity index (χ1) is 12.5. The zero-order valence-corrected chi connectivity index (χ0v) is 15.1. The van der Waals surface area contributed by atoms with E-state index in [1.807, 2.05) is 0 Å². The Kier molecular flexibility index (Phi) is 6.00. The third kappa shape index (κ3) is 4.91. The maximum absolute atomic E-state index is 13.1. The van der Waals surface area contributed by atoms with Crippen LogP contribution in [0.4, 0.5) is 24.5 Å². The Morgan fingerprint density at radius 3 is 2.52 bits per heavy atom. The number of esters is 1. The molecular formula is C18H16ClF3N2O3. The number of hydrogen-bond donors (Lipinski definition) is 2. The molecule has 3 N–H and O–H groups in total. The van der Waals surface area contributed by atoms with Gasteiger partial charge in [-0.15, -0.1) is 0 Å². The van der Waals surface area contributed by atoms with Crippen LogP contribution in [0.15, 0.2) is 36.4 Å². The summed E-state index contributed by atoms with van der Waals surface area (Å²) in [5, 5.41) is 1.97. The van der Waals surface area contributed by atoms with Crippen molar-refractivity contribution in [3.63, 3.8) is 0 Å². The van der Waals surface area contributed by atoms with Crippen LogP contribution < -0.4 is 11.1 Å². The highest BCUT2D eigenvalue weighted by atomic mass is 35.5. The number of anilines is 2. The number of hydrogen-bond acceptors (Lipinski definition) is 4. The van der Waals surface area contributed by atoms with E-state index in [9.17, 15) is 22.8 Å². The molecule has 144 valence electrons. The Labute approximate surface area is 158 Å². The molecule has 0 fully saturated rings. The molecule has 0 saturated carbocycles. The minimum Gasteiger partial charge on any atom is -0.449 e. The second kappa shape index (κ2) is 7.87. The molecule has 27 heavy (non-hydrogen) atoms. The average Bonchev–Trinajstić information content (AvgIpc) is 2.57. The van der Waals surface area contributed by atoms with Crippen LogP contribution in [0.3, 0.4) is 0 Å². The van der Waals surface area contributed by atoms with Crippen molar-refractivity contribution in [3.05, 3.63) is 58.1 Å². The third-order valence-corrected chi connectivity index (χ3v) is 3.98. The Bertz CT molecular complexity index is 885. The molecule has 5 nitrogen and oxygen atoms in total. The van der Waals surface area contributed by atoms with E-state index in [1.54, 1.807) is 19.1 Å². The van der Waals surface area contributed by atoms with Crippen LogP contribution >= 0.6 is 11.6 Å². The van der Waals surface area contributed by atoms with Crippen molar-refractivity contribution >= 4 is 34.9 Å². The first kappa shape index (κ1) is 20.6. The van der Waals surface area contributed by atoms with E-state index in [1.165, 1.54) is 19.1 Å². The summed E-state index contributed by atoms with van der Waals surface area (Å²) in [5.41, 5.74) is 5.12. The molecule has 0 bridgehead atoms. The van der Waals surface area contributed by atoms with Crippen LogP contribution in [0.5, 0.6) is 0 Å². The van der Waals surface area contributed by atoms with E-state index in [0.717, 1.165) is 6.07 Å². The van der Waals surface area contributed by atoms with Crippen molar-refractivity contribution in [2.45, 2.75) is 26.1 Å². The lowest BCUT2D eigenvalue weighted by molar-refractivity contribution is -0.137. The highest BCUT2D eigenvalue weighted by Gasteiger charge is 2.34. The number of para-hydroxylation sites is 1. The Balaban J connectivity index is 2.15. The third-order valence-electron chi connectivity index (χ3n) is 3.74. The van der Waals surface area contributed by atoms with E-state index < -0.39 is 35.4 Å². The molecule has 2 rings (SSSR count). The maximum Gasteiger partial charge on any atom is 0.418 e. The summed E-state index contributed by atoms with van der Waals surface area (Å²) in [6.07, 6.45) is -6.07. The molecule has 0 heterocycles. The predicted octanol–water partition coefficient (Wildman–Crippen LogP) is 4.43. The lowest BCUT2D eigenvalue weighted by atomic mass is 10.1. The van der Waals surface area contributed by atoms with Crippen molar-refractivity contribution in [2.75, 3.05) is 11.1 Å². The SMILES string of the molecule is Cc1cccc(C(=O)O[C@H](C)C(=O)Nc2ccc(Cl)cc2C(F)(F)F)c1N. The Morgan fingerprint density at radius 2 is 1.89 bits per heavy atom. The summed E-state index contributed by atoms with van der Waals surface area (Å²) >= 11 is 5.59. The van der Waals surface area contributed by atoms with Gasteiger partial charge in [0.15, 0.2) is 6.10 Å². The predicted molar refractivity (Wildman–Crippen MR) is 95.6 cm³/mol. The second-order valence-electron chi connectivity index (χ2n) is 5.76. The molecule has 0 radical (unpaired) electrons. The van der Waals surface area contributed by atoms with Crippen molar-refractivity contribution in [1.82, 2.24) is 0 Å². The van der Waals surface area contributed by atoms with Gasteiger partial charge in [0, 0.05) is 10.7 Å². The van der Waals surface area contributed by atoms with Crippen LogP contribution in [0.2, 0.25) is 5.02 Å². The monoisotopic (exact) mass is 400 g/mol. The number of nitrogens with one attached hydrogen (secondary N) is 1. The maximum atomic E-state index is 13.1. The number of alkyl halides is 3. The largest absolute Gasteiger partial charge is 0.449 e. The number of carbonyl (C=O) groups excluding carboxylic acids is 2. The van der Waals surface area contributed by atoms with Crippen LogP contribution in [0.1, 0.15) is 28.4 Å². The molecule has 0 aromatic heterocycles. The van der Waals surface area contributed by atoms with E-state index in [0.29, 0.717) is 11.6 Å². The quantitative estimate of drug-likeness (QED) is 0.587. The zero-order chi connectivity index (χ0) is 20.4. The van der Waals surface area contributed by atoms with Gasteiger partial charge in [-0.2, -0.15) is 13.2 Å². The van der Waals surface area contributed by atoms with E-state index in [-0.39, 0.29) is 16.3 Å². The van der Waals surface area contributed by atoms with Gasteiger partial charge >= 0.3 is 12.1 Å². The topological polar surface area (TPSA) is 81.4 Å². The summed E-state index contributed by atoms with van der Waals surface area (Å²) < 4.78 is 44.3. The fraction of sp³-hybridized carbons (Fsp3) is 0.222. The number of halogens is 4. The number of ether oxygens (including phenoxy) is 1. The van der Waals surface area contributed by atoms with Gasteiger partial charge in [-0.3, -0.25) is 4.79 Å². The normalized spacial score (nSPS) is 12.4. The number of nitrogen functional groups attached to an aromatic ring is 1. The average molecular weight is 401 g/mol. The van der Waals surface area contributed by atoms with E-state index in [4.69, 9.17) is 22.1 Å². The number of amides is 1. The smallest absolute Gasteiger partial charge is 0.418 e. The fourth-order valence-electron chi connectivity index (χ4n) is 2.23.